The van der Waals surface area contributed by atoms with Crippen molar-refractivity contribution in [1.82, 2.24) is 0 Å². The third-order valence-electron chi connectivity index (χ3n) is 3.26. The molecule has 1 aromatic carbocycles. The van der Waals surface area contributed by atoms with Gasteiger partial charge in [0.15, 0.2) is 0 Å². The normalized spacial score (nSPS) is 14.5. The second-order valence-electron chi connectivity index (χ2n) is 4.28. The molecule has 1 aromatic rings. The van der Waals surface area contributed by atoms with Gasteiger partial charge in [0, 0.05) is 0 Å². The highest BCUT2D eigenvalue weighted by Gasteiger charge is 2.16. The van der Waals surface area contributed by atoms with Crippen LogP contribution >= 0.6 is 0 Å². The predicted octanol–water partition coefficient (Wildman–Crippen LogP) is 3.21. The lowest BCUT2D eigenvalue weighted by Gasteiger charge is -2.21. The SMILES string of the molecule is CCC(C)C(C)c1ccccc1OCCO. The first-order valence-corrected chi connectivity index (χ1v) is 6.03. The van der Waals surface area contributed by atoms with E-state index in [9.17, 15) is 0 Å². The Morgan fingerprint density at radius 3 is 2.56 bits per heavy atom. The second kappa shape index (κ2) is 6.54. The van der Waals surface area contributed by atoms with Crippen molar-refractivity contribution in [1.29, 1.82) is 0 Å². The molecule has 1 rings (SSSR count). The van der Waals surface area contributed by atoms with E-state index < -0.39 is 0 Å². The van der Waals surface area contributed by atoms with Crippen LogP contribution in [-0.2, 0) is 0 Å². The molecule has 2 unspecified atom stereocenters. The van der Waals surface area contributed by atoms with Crippen molar-refractivity contribution in [3.8, 4) is 5.75 Å². The first kappa shape index (κ1) is 13.0. The van der Waals surface area contributed by atoms with Gasteiger partial charge in [-0.1, -0.05) is 45.4 Å². The van der Waals surface area contributed by atoms with Crippen LogP contribution < -0.4 is 4.74 Å². The summed E-state index contributed by atoms with van der Waals surface area (Å²) in [4.78, 5) is 0. The van der Waals surface area contributed by atoms with Gasteiger partial charge >= 0.3 is 0 Å². The lowest BCUT2D eigenvalue weighted by molar-refractivity contribution is 0.199. The highest BCUT2D eigenvalue weighted by atomic mass is 16.5. The number of benzene rings is 1. The van der Waals surface area contributed by atoms with Gasteiger partial charge in [-0.05, 0) is 23.5 Å². The lowest BCUT2D eigenvalue weighted by Crippen LogP contribution is -2.09. The van der Waals surface area contributed by atoms with Crippen LogP contribution in [0.25, 0.3) is 0 Å². The van der Waals surface area contributed by atoms with Gasteiger partial charge < -0.3 is 9.84 Å². The molecule has 1 N–H and O–H groups in total. The Balaban J connectivity index is 2.84. The first-order chi connectivity index (χ1) is 7.70. The third kappa shape index (κ3) is 3.24. The van der Waals surface area contributed by atoms with Crippen LogP contribution in [0.3, 0.4) is 0 Å². The van der Waals surface area contributed by atoms with E-state index in [0.29, 0.717) is 18.4 Å². The quantitative estimate of drug-likeness (QED) is 0.801. The zero-order chi connectivity index (χ0) is 12.0. The molecule has 0 amide bonds. The van der Waals surface area contributed by atoms with Crippen molar-refractivity contribution in [2.75, 3.05) is 13.2 Å². The fourth-order valence-corrected chi connectivity index (χ4v) is 1.80. The van der Waals surface area contributed by atoms with Crippen LogP contribution in [0.1, 0.15) is 38.7 Å². The number of hydrogen-bond acceptors (Lipinski definition) is 2. The van der Waals surface area contributed by atoms with Crippen LogP contribution in [0.15, 0.2) is 24.3 Å². The lowest BCUT2D eigenvalue weighted by atomic mass is 9.87. The van der Waals surface area contributed by atoms with E-state index in [1.54, 1.807) is 0 Å². The Hall–Kier alpha value is -1.02. The Labute approximate surface area is 98.3 Å². The molecule has 16 heavy (non-hydrogen) atoms. The maximum atomic E-state index is 8.79. The number of para-hydroxylation sites is 1. The minimum atomic E-state index is 0.0616. The predicted molar refractivity (Wildman–Crippen MR) is 66.9 cm³/mol. The summed E-state index contributed by atoms with van der Waals surface area (Å²) >= 11 is 0. The molecule has 2 atom stereocenters. The zero-order valence-corrected chi connectivity index (χ0v) is 10.4. The van der Waals surface area contributed by atoms with Crippen molar-refractivity contribution in [2.24, 2.45) is 5.92 Å². The summed E-state index contributed by atoms with van der Waals surface area (Å²) in [7, 11) is 0. The van der Waals surface area contributed by atoms with Crippen molar-refractivity contribution < 1.29 is 9.84 Å². The average Bonchev–Trinajstić information content (AvgIpc) is 2.34. The molecule has 0 aliphatic heterocycles. The molecule has 2 heteroatoms. The van der Waals surface area contributed by atoms with E-state index in [1.807, 2.05) is 18.2 Å². The molecule has 0 spiro atoms. The molecular formula is C14H22O2. The van der Waals surface area contributed by atoms with Gasteiger partial charge in [0.2, 0.25) is 0 Å². The van der Waals surface area contributed by atoms with E-state index in [4.69, 9.17) is 9.84 Å². The number of aliphatic hydroxyl groups is 1. The molecule has 0 bridgehead atoms. The summed E-state index contributed by atoms with van der Waals surface area (Å²) in [6, 6.07) is 8.10. The fraction of sp³-hybridized carbons (Fsp3) is 0.571. The van der Waals surface area contributed by atoms with Gasteiger partial charge in [0.05, 0.1) is 6.61 Å². The maximum absolute atomic E-state index is 8.79. The van der Waals surface area contributed by atoms with Crippen molar-refractivity contribution in [3.05, 3.63) is 29.8 Å². The van der Waals surface area contributed by atoms with Gasteiger partial charge in [-0.15, -0.1) is 0 Å². The minimum Gasteiger partial charge on any atom is -0.491 e. The van der Waals surface area contributed by atoms with Crippen LogP contribution in [0, 0.1) is 5.92 Å². The summed E-state index contributed by atoms with van der Waals surface area (Å²) in [5, 5.41) is 8.79. The molecule has 0 aliphatic rings. The van der Waals surface area contributed by atoms with E-state index in [1.165, 1.54) is 5.56 Å². The Morgan fingerprint density at radius 1 is 1.25 bits per heavy atom. The Kier molecular flexibility index (Phi) is 5.33. The molecule has 2 nitrogen and oxygen atoms in total. The van der Waals surface area contributed by atoms with Crippen molar-refractivity contribution in [2.45, 2.75) is 33.1 Å². The Morgan fingerprint density at radius 2 is 1.94 bits per heavy atom. The topological polar surface area (TPSA) is 29.5 Å². The maximum Gasteiger partial charge on any atom is 0.122 e. The monoisotopic (exact) mass is 222 g/mol. The molecule has 90 valence electrons. The smallest absolute Gasteiger partial charge is 0.122 e. The molecule has 0 saturated heterocycles. The summed E-state index contributed by atoms with van der Waals surface area (Å²) in [6.07, 6.45) is 1.16. The van der Waals surface area contributed by atoms with E-state index >= 15 is 0 Å². The van der Waals surface area contributed by atoms with Gasteiger partial charge in [-0.25, -0.2) is 0 Å². The fourth-order valence-electron chi connectivity index (χ4n) is 1.80. The van der Waals surface area contributed by atoms with Crippen LogP contribution in [0.5, 0.6) is 5.75 Å². The van der Waals surface area contributed by atoms with Crippen LogP contribution in [0.2, 0.25) is 0 Å². The van der Waals surface area contributed by atoms with E-state index in [0.717, 1.165) is 12.2 Å². The zero-order valence-electron chi connectivity index (χ0n) is 10.4. The first-order valence-electron chi connectivity index (χ1n) is 6.03. The second-order valence-corrected chi connectivity index (χ2v) is 4.28. The average molecular weight is 222 g/mol. The van der Waals surface area contributed by atoms with Crippen LogP contribution in [0.4, 0.5) is 0 Å². The van der Waals surface area contributed by atoms with Crippen molar-refractivity contribution >= 4 is 0 Å². The van der Waals surface area contributed by atoms with E-state index in [-0.39, 0.29) is 6.61 Å². The number of aliphatic hydroxyl groups excluding tert-OH is 1. The largest absolute Gasteiger partial charge is 0.491 e. The van der Waals surface area contributed by atoms with Gasteiger partial charge in [0.25, 0.3) is 0 Å². The van der Waals surface area contributed by atoms with Gasteiger partial charge in [0.1, 0.15) is 12.4 Å². The summed E-state index contributed by atoms with van der Waals surface area (Å²) in [5.41, 5.74) is 1.24. The van der Waals surface area contributed by atoms with E-state index in [2.05, 4.69) is 26.8 Å². The molecule has 0 fully saturated rings. The third-order valence-corrected chi connectivity index (χ3v) is 3.26. The molecule has 0 radical (unpaired) electrons. The van der Waals surface area contributed by atoms with Crippen LogP contribution in [-0.4, -0.2) is 18.3 Å². The highest BCUT2D eigenvalue weighted by molar-refractivity contribution is 5.36. The molecule has 0 heterocycles. The minimum absolute atomic E-state index is 0.0616. The number of rotatable bonds is 6. The summed E-state index contributed by atoms with van der Waals surface area (Å²) in [5.74, 6) is 2.03. The molecular weight excluding hydrogens is 200 g/mol. The number of hydrogen-bond donors (Lipinski definition) is 1. The molecule has 0 aromatic heterocycles. The molecule has 0 aliphatic carbocycles. The van der Waals surface area contributed by atoms with Gasteiger partial charge in [-0.2, -0.15) is 0 Å². The van der Waals surface area contributed by atoms with Crippen molar-refractivity contribution in [3.63, 3.8) is 0 Å². The standard InChI is InChI=1S/C14H22O2/c1-4-11(2)12(3)13-7-5-6-8-14(13)16-10-9-15/h5-8,11-12,15H,4,9-10H2,1-3H3. The van der Waals surface area contributed by atoms with Gasteiger partial charge in [-0.3, -0.25) is 0 Å². The number of ether oxygens (including phenoxy) is 1. The highest BCUT2D eigenvalue weighted by Crippen LogP contribution is 2.32. The Bertz CT molecular complexity index is 309. The summed E-state index contributed by atoms with van der Waals surface area (Å²) in [6.45, 7) is 7.12. The molecule has 0 saturated carbocycles. The summed E-state index contributed by atoms with van der Waals surface area (Å²) < 4.78 is 5.55.